The van der Waals surface area contributed by atoms with Gasteiger partial charge >= 0.3 is 0 Å². The molecule has 0 unspecified atom stereocenters. The molecule has 0 saturated heterocycles. The summed E-state index contributed by atoms with van der Waals surface area (Å²) < 4.78 is 0. The Balaban J connectivity index is 2.06. The highest BCUT2D eigenvalue weighted by atomic mass is 16.1. The zero-order valence-electron chi connectivity index (χ0n) is 13.4. The predicted octanol–water partition coefficient (Wildman–Crippen LogP) is 3.55. The molecule has 0 atom stereocenters. The number of aromatic nitrogens is 1. The minimum absolute atomic E-state index is 0.149. The highest BCUT2D eigenvalue weighted by molar-refractivity contribution is 5.96. The molecule has 0 radical (unpaired) electrons. The van der Waals surface area contributed by atoms with E-state index in [1.807, 2.05) is 6.92 Å². The van der Waals surface area contributed by atoms with Gasteiger partial charge in [-0.05, 0) is 50.0 Å². The number of carbonyl (C=O) groups excluding carboxylic acids is 1. The highest BCUT2D eigenvalue weighted by Crippen LogP contribution is 2.41. The summed E-state index contributed by atoms with van der Waals surface area (Å²) in [5.74, 6) is 0.467. The SMILES string of the molecule is Cc1[nH]ccc1C(=O)NC1(C#N)CCC(C(C)(C)C)CC1. The normalized spacial score (nSPS) is 26.1. The molecular weight excluding hydrogens is 262 g/mol. The van der Waals surface area contributed by atoms with Crippen molar-refractivity contribution in [2.75, 3.05) is 0 Å². The molecule has 1 aliphatic carbocycles. The van der Waals surface area contributed by atoms with E-state index in [9.17, 15) is 10.1 Å². The van der Waals surface area contributed by atoms with Crippen molar-refractivity contribution in [2.24, 2.45) is 11.3 Å². The molecule has 2 N–H and O–H groups in total. The van der Waals surface area contributed by atoms with Crippen molar-refractivity contribution < 1.29 is 4.79 Å². The molecule has 21 heavy (non-hydrogen) atoms. The van der Waals surface area contributed by atoms with Gasteiger partial charge in [-0.3, -0.25) is 4.79 Å². The summed E-state index contributed by atoms with van der Waals surface area (Å²) in [5.41, 5.74) is 1.03. The van der Waals surface area contributed by atoms with E-state index < -0.39 is 5.54 Å². The smallest absolute Gasteiger partial charge is 0.254 e. The fraction of sp³-hybridized carbons (Fsp3) is 0.647. The van der Waals surface area contributed by atoms with Crippen LogP contribution < -0.4 is 5.32 Å². The first kappa shape index (κ1) is 15.6. The first-order valence-corrected chi connectivity index (χ1v) is 7.65. The zero-order valence-corrected chi connectivity index (χ0v) is 13.4. The number of aromatic amines is 1. The Morgan fingerprint density at radius 2 is 2.05 bits per heavy atom. The molecule has 0 spiro atoms. The molecule has 114 valence electrons. The second-order valence-corrected chi connectivity index (χ2v) is 7.30. The van der Waals surface area contributed by atoms with Crippen molar-refractivity contribution in [3.05, 3.63) is 23.5 Å². The third-order valence-corrected chi connectivity index (χ3v) is 4.83. The Kier molecular flexibility index (Phi) is 4.13. The molecule has 0 aliphatic heterocycles. The van der Waals surface area contributed by atoms with E-state index in [-0.39, 0.29) is 11.3 Å². The lowest BCUT2D eigenvalue weighted by Crippen LogP contribution is -2.50. The number of rotatable bonds is 2. The van der Waals surface area contributed by atoms with Crippen LogP contribution in [0.1, 0.15) is 62.5 Å². The largest absolute Gasteiger partial charge is 0.365 e. The van der Waals surface area contributed by atoms with Gasteiger partial charge in [-0.25, -0.2) is 0 Å². The molecule has 2 rings (SSSR count). The lowest BCUT2D eigenvalue weighted by atomic mass is 9.67. The Morgan fingerprint density at radius 1 is 1.43 bits per heavy atom. The molecule has 1 aromatic rings. The van der Waals surface area contributed by atoms with E-state index in [1.54, 1.807) is 12.3 Å². The van der Waals surface area contributed by atoms with Crippen molar-refractivity contribution in [3.8, 4) is 6.07 Å². The predicted molar refractivity (Wildman–Crippen MR) is 82.8 cm³/mol. The fourth-order valence-corrected chi connectivity index (χ4v) is 3.22. The molecule has 1 aliphatic rings. The third kappa shape index (κ3) is 3.29. The van der Waals surface area contributed by atoms with Crippen LogP contribution >= 0.6 is 0 Å². The van der Waals surface area contributed by atoms with Gasteiger partial charge in [0.25, 0.3) is 5.91 Å². The van der Waals surface area contributed by atoms with Crippen molar-refractivity contribution in [1.29, 1.82) is 5.26 Å². The number of H-pyrrole nitrogens is 1. The minimum atomic E-state index is -0.706. The Labute approximate surface area is 126 Å². The Bertz CT molecular complexity index is 551. The van der Waals surface area contributed by atoms with Crippen LogP contribution in [0.4, 0.5) is 0 Å². The molecule has 1 heterocycles. The van der Waals surface area contributed by atoms with Gasteiger partial charge in [-0.2, -0.15) is 5.26 Å². The molecule has 4 nitrogen and oxygen atoms in total. The van der Waals surface area contributed by atoms with Gasteiger partial charge < -0.3 is 10.3 Å². The first-order valence-electron chi connectivity index (χ1n) is 7.65. The van der Waals surface area contributed by atoms with Gasteiger partial charge in [0.15, 0.2) is 0 Å². The first-order chi connectivity index (χ1) is 9.77. The number of nitrogens with one attached hydrogen (secondary N) is 2. The van der Waals surface area contributed by atoms with Gasteiger partial charge in [-0.15, -0.1) is 0 Å². The summed E-state index contributed by atoms with van der Waals surface area (Å²) in [6, 6.07) is 4.12. The summed E-state index contributed by atoms with van der Waals surface area (Å²) >= 11 is 0. The average molecular weight is 287 g/mol. The topological polar surface area (TPSA) is 68.7 Å². The lowest BCUT2D eigenvalue weighted by molar-refractivity contribution is 0.0855. The van der Waals surface area contributed by atoms with Crippen molar-refractivity contribution in [1.82, 2.24) is 10.3 Å². The average Bonchev–Trinajstić information content (AvgIpc) is 2.84. The quantitative estimate of drug-likeness (QED) is 0.873. The lowest BCUT2D eigenvalue weighted by Gasteiger charge is -2.40. The number of nitrogens with zero attached hydrogens (tertiary/aromatic N) is 1. The molecule has 1 fully saturated rings. The molecule has 1 saturated carbocycles. The second kappa shape index (κ2) is 5.55. The number of amides is 1. The van der Waals surface area contributed by atoms with Crippen LogP contribution in [-0.2, 0) is 0 Å². The van der Waals surface area contributed by atoms with Crippen LogP contribution in [-0.4, -0.2) is 16.4 Å². The molecule has 0 aromatic carbocycles. The molecule has 4 heteroatoms. The second-order valence-electron chi connectivity index (χ2n) is 7.30. The van der Waals surface area contributed by atoms with Gasteiger partial charge in [0.1, 0.15) is 5.54 Å². The number of nitriles is 1. The summed E-state index contributed by atoms with van der Waals surface area (Å²) in [5, 5.41) is 12.6. The maximum absolute atomic E-state index is 12.4. The monoisotopic (exact) mass is 287 g/mol. The van der Waals surface area contributed by atoms with Crippen molar-refractivity contribution >= 4 is 5.91 Å². The van der Waals surface area contributed by atoms with E-state index in [0.717, 1.165) is 31.4 Å². The Morgan fingerprint density at radius 3 is 2.48 bits per heavy atom. The number of carbonyl (C=O) groups is 1. The Hall–Kier alpha value is -1.76. The van der Waals surface area contributed by atoms with E-state index in [1.165, 1.54) is 0 Å². The van der Waals surface area contributed by atoms with E-state index in [0.29, 0.717) is 11.5 Å². The molecular formula is C17H25N3O. The van der Waals surface area contributed by atoms with Crippen LogP contribution in [0.25, 0.3) is 0 Å². The van der Waals surface area contributed by atoms with E-state index in [4.69, 9.17) is 0 Å². The fourth-order valence-electron chi connectivity index (χ4n) is 3.22. The minimum Gasteiger partial charge on any atom is -0.365 e. The van der Waals surface area contributed by atoms with Gasteiger partial charge in [0.05, 0.1) is 11.6 Å². The van der Waals surface area contributed by atoms with Crippen molar-refractivity contribution in [3.63, 3.8) is 0 Å². The van der Waals surface area contributed by atoms with Crippen LogP contribution in [0.15, 0.2) is 12.3 Å². The zero-order chi connectivity index (χ0) is 15.7. The number of hydrogen-bond donors (Lipinski definition) is 2. The number of aryl methyl sites for hydroxylation is 1. The van der Waals surface area contributed by atoms with Crippen LogP contribution in [0.3, 0.4) is 0 Å². The molecule has 1 aromatic heterocycles. The summed E-state index contributed by atoms with van der Waals surface area (Å²) in [6.07, 6.45) is 5.20. The molecule has 1 amide bonds. The number of hydrogen-bond acceptors (Lipinski definition) is 2. The summed E-state index contributed by atoms with van der Waals surface area (Å²) in [4.78, 5) is 15.4. The van der Waals surface area contributed by atoms with Gasteiger partial charge in [-0.1, -0.05) is 20.8 Å². The van der Waals surface area contributed by atoms with Crippen LogP contribution in [0, 0.1) is 29.6 Å². The maximum atomic E-state index is 12.4. The van der Waals surface area contributed by atoms with Crippen LogP contribution in [0.2, 0.25) is 0 Å². The van der Waals surface area contributed by atoms with Gasteiger partial charge in [0, 0.05) is 11.9 Å². The standard InChI is InChI=1S/C17H25N3O/c1-12-14(7-10-19-12)15(21)20-17(11-18)8-5-13(6-9-17)16(2,3)4/h7,10,13,19H,5-6,8-9H2,1-4H3,(H,20,21). The van der Waals surface area contributed by atoms with E-state index >= 15 is 0 Å². The highest BCUT2D eigenvalue weighted by Gasteiger charge is 2.40. The van der Waals surface area contributed by atoms with Crippen molar-refractivity contribution in [2.45, 2.75) is 58.9 Å². The maximum Gasteiger partial charge on any atom is 0.254 e. The molecule has 0 bridgehead atoms. The third-order valence-electron chi connectivity index (χ3n) is 4.83. The van der Waals surface area contributed by atoms with Gasteiger partial charge in [0.2, 0.25) is 0 Å². The van der Waals surface area contributed by atoms with Crippen LogP contribution in [0.5, 0.6) is 0 Å². The van der Waals surface area contributed by atoms with E-state index in [2.05, 4.69) is 37.1 Å². The summed E-state index contributed by atoms with van der Waals surface area (Å²) in [6.45, 7) is 8.61. The summed E-state index contributed by atoms with van der Waals surface area (Å²) in [7, 11) is 0.